The minimum atomic E-state index is -0.541. The van der Waals surface area contributed by atoms with Gasteiger partial charge in [0, 0.05) is 6.07 Å². The van der Waals surface area contributed by atoms with Gasteiger partial charge in [0.15, 0.2) is 0 Å². The first-order valence-electron chi connectivity index (χ1n) is 5.92. The molecule has 19 heavy (non-hydrogen) atoms. The summed E-state index contributed by atoms with van der Waals surface area (Å²) in [4.78, 5) is 26.0. The molecule has 0 fully saturated rings. The van der Waals surface area contributed by atoms with E-state index in [4.69, 9.17) is 11.6 Å². The van der Waals surface area contributed by atoms with Crippen LogP contribution < -0.4 is 11.2 Å². The third kappa shape index (κ3) is 2.79. The molecule has 2 aromatic rings. The van der Waals surface area contributed by atoms with Crippen molar-refractivity contribution < 1.29 is 0 Å². The Morgan fingerprint density at radius 3 is 2.16 bits per heavy atom. The number of rotatable bonds is 1. The Bertz CT molecular complexity index is 675. The second kappa shape index (κ2) is 4.70. The molecule has 0 saturated heterocycles. The standard InChI is InChI=1S/C14H15ClN2O2/c1-14(2,3)9-4-6-10(7-5-9)17-12(18)8-11(15)16-13(17)19/h4-8H,1-3H3,(H,16,19). The lowest BCUT2D eigenvalue weighted by Crippen LogP contribution is -2.32. The summed E-state index contributed by atoms with van der Waals surface area (Å²) in [5.74, 6) is 0. The molecule has 0 bridgehead atoms. The highest BCUT2D eigenvalue weighted by Gasteiger charge is 2.13. The second-order valence-corrected chi connectivity index (χ2v) is 5.80. The number of benzene rings is 1. The van der Waals surface area contributed by atoms with Crippen LogP contribution in [0.2, 0.25) is 5.15 Å². The molecule has 0 aliphatic rings. The molecule has 0 aliphatic carbocycles. The SMILES string of the molecule is CC(C)(C)c1ccc(-n2c(=O)cc(Cl)[nH]c2=O)cc1. The average Bonchev–Trinajstić information content (AvgIpc) is 2.27. The third-order valence-electron chi connectivity index (χ3n) is 2.89. The lowest BCUT2D eigenvalue weighted by atomic mass is 9.87. The fourth-order valence-corrected chi connectivity index (χ4v) is 2.00. The van der Waals surface area contributed by atoms with Crippen LogP contribution >= 0.6 is 11.6 Å². The Morgan fingerprint density at radius 1 is 1.11 bits per heavy atom. The first-order valence-corrected chi connectivity index (χ1v) is 6.29. The van der Waals surface area contributed by atoms with Gasteiger partial charge in [-0.2, -0.15) is 0 Å². The van der Waals surface area contributed by atoms with E-state index in [2.05, 4.69) is 25.8 Å². The van der Waals surface area contributed by atoms with Gasteiger partial charge in [0.1, 0.15) is 5.15 Å². The van der Waals surface area contributed by atoms with Gasteiger partial charge in [0.2, 0.25) is 0 Å². The summed E-state index contributed by atoms with van der Waals surface area (Å²) in [6.07, 6.45) is 0. The van der Waals surface area contributed by atoms with Crippen LogP contribution in [0.1, 0.15) is 26.3 Å². The highest BCUT2D eigenvalue weighted by Crippen LogP contribution is 2.22. The molecule has 1 N–H and O–H groups in total. The van der Waals surface area contributed by atoms with Crippen molar-refractivity contribution in [2.45, 2.75) is 26.2 Å². The first kappa shape index (κ1) is 13.6. The Kier molecular flexibility index (Phi) is 3.37. The van der Waals surface area contributed by atoms with Crippen molar-refractivity contribution in [3.8, 4) is 5.69 Å². The van der Waals surface area contributed by atoms with Crippen LogP contribution in [0, 0.1) is 0 Å². The molecule has 4 nitrogen and oxygen atoms in total. The van der Waals surface area contributed by atoms with Crippen molar-refractivity contribution in [3.05, 3.63) is 61.9 Å². The molecule has 1 heterocycles. The summed E-state index contributed by atoms with van der Waals surface area (Å²) < 4.78 is 1.05. The van der Waals surface area contributed by atoms with Gasteiger partial charge in [-0.3, -0.25) is 9.78 Å². The van der Waals surface area contributed by atoms with Crippen LogP contribution in [0.15, 0.2) is 39.9 Å². The van der Waals surface area contributed by atoms with Crippen LogP contribution in [0.25, 0.3) is 5.69 Å². The molecule has 0 spiro atoms. The van der Waals surface area contributed by atoms with Crippen molar-refractivity contribution in [2.75, 3.05) is 0 Å². The van der Waals surface area contributed by atoms with Gasteiger partial charge in [-0.1, -0.05) is 44.5 Å². The maximum Gasteiger partial charge on any atom is 0.334 e. The van der Waals surface area contributed by atoms with Crippen molar-refractivity contribution in [3.63, 3.8) is 0 Å². The van der Waals surface area contributed by atoms with Gasteiger partial charge < -0.3 is 0 Å². The average molecular weight is 279 g/mol. The van der Waals surface area contributed by atoms with E-state index in [0.717, 1.165) is 10.1 Å². The molecular formula is C14H15ClN2O2. The topological polar surface area (TPSA) is 54.9 Å². The van der Waals surface area contributed by atoms with E-state index in [9.17, 15) is 9.59 Å². The third-order valence-corrected chi connectivity index (χ3v) is 3.10. The molecule has 0 saturated carbocycles. The van der Waals surface area contributed by atoms with Gasteiger partial charge >= 0.3 is 5.69 Å². The van der Waals surface area contributed by atoms with E-state index < -0.39 is 11.2 Å². The number of nitrogens with one attached hydrogen (secondary N) is 1. The summed E-state index contributed by atoms with van der Waals surface area (Å²) in [6.45, 7) is 6.30. The quantitative estimate of drug-likeness (QED) is 0.815. The van der Waals surface area contributed by atoms with E-state index in [-0.39, 0.29) is 10.6 Å². The predicted molar refractivity (Wildman–Crippen MR) is 76.4 cm³/mol. The monoisotopic (exact) mass is 278 g/mol. The fraction of sp³-hybridized carbons (Fsp3) is 0.286. The Labute approximate surface area is 115 Å². The van der Waals surface area contributed by atoms with Crippen LogP contribution in [-0.4, -0.2) is 9.55 Å². The normalized spacial score (nSPS) is 11.6. The zero-order chi connectivity index (χ0) is 14.2. The first-order chi connectivity index (χ1) is 8.79. The Morgan fingerprint density at radius 2 is 1.68 bits per heavy atom. The summed E-state index contributed by atoms with van der Waals surface area (Å²) in [6, 6.07) is 8.52. The Hall–Kier alpha value is -1.81. The van der Waals surface area contributed by atoms with Crippen LogP contribution in [0.5, 0.6) is 0 Å². The van der Waals surface area contributed by atoms with E-state index in [1.807, 2.05) is 12.1 Å². The smallest absolute Gasteiger partial charge is 0.297 e. The van der Waals surface area contributed by atoms with Crippen LogP contribution in [0.4, 0.5) is 0 Å². The second-order valence-electron chi connectivity index (χ2n) is 5.39. The van der Waals surface area contributed by atoms with Crippen molar-refractivity contribution in [1.29, 1.82) is 0 Å². The van der Waals surface area contributed by atoms with E-state index in [0.29, 0.717) is 5.69 Å². The van der Waals surface area contributed by atoms with E-state index in [1.165, 1.54) is 6.07 Å². The van der Waals surface area contributed by atoms with Gasteiger partial charge in [0.05, 0.1) is 5.69 Å². The molecule has 2 rings (SSSR count). The number of nitrogens with zero attached hydrogens (tertiary/aromatic N) is 1. The summed E-state index contributed by atoms with van der Waals surface area (Å²) in [5.41, 5.74) is 0.694. The molecule has 0 amide bonds. The highest BCUT2D eigenvalue weighted by atomic mass is 35.5. The van der Waals surface area contributed by atoms with Crippen molar-refractivity contribution in [1.82, 2.24) is 9.55 Å². The van der Waals surface area contributed by atoms with Crippen LogP contribution in [-0.2, 0) is 5.41 Å². The van der Waals surface area contributed by atoms with Crippen LogP contribution in [0.3, 0.4) is 0 Å². The largest absolute Gasteiger partial charge is 0.334 e. The molecule has 1 aromatic carbocycles. The number of aromatic amines is 1. The zero-order valence-electron chi connectivity index (χ0n) is 11.0. The maximum absolute atomic E-state index is 11.8. The molecule has 100 valence electrons. The summed E-state index contributed by atoms with van der Waals surface area (Å²) in [5, 5.41) is 0.0394. The van der Waals surface area contributed by atoms with Gasteiger partial charge in [0.25, 0.3) is 5.56 Å². The highest BCUT2D eigenvalue weighted by molar-refractivity contribution is 6.29. The Balaban J connectivity index is 2.56. The van der Waals surface area contributed by atoms with Gasteiger partial charge in [-0.15, -0.1) is 0 Å². The lowest BCUT2D eigenvalue weighted by molar-refractivity contribution is 0.590. The number of hydrogen-bond acceptors (Lipinski definition) is 2. The maximum atomic E-state index is 11.8. The molecular weight excluding hydrogens is 264 g/mol. The number of halogens is 1. The molecule has 0 atom stereocenters. The molecule has 1 aromatic heterocycles. The van der Waals surface area contributed by atoms with E-state index in [1.54, 1.807) is 12.1 Å². The van der Waals surface area contributed by atoms with Gasteiger partial charge in [-0.25, -0.2) is 9.36 Å². The minimum absolute atomic E-state index is 0.0237. The fourth-order valence-electron chi connectivity index (χ4n) is 1.82. The minimum Gasteiger partial charge on any atom is -0.297 e. The lowest BCUT2D eigenvalue weighted by Gasteiger charge is -2.19. The summed E-state index contributed by atoms with van der Waals surface area (Å²) >= 11 is 5.63. The molecule has 0 aliphatic heterocycles. The van der Waals surface area contributed by atoms with Crippen molar-refractivity contribution in [2.24, 2.45) is 0 Å². The zero-order valence-corrected chi connectivity index (χ0v) is 11.8. The molecule has 0 unspecified atom stereocenters. The predicted octanol–water partition coefficient (Wildman–Crippen LogP) is 2.48. The summed E-state index contributed by atoms with van der Waals surface area (Å²) in [7, 11) is 0. The van der Waals surface area contributed by atoms with Crippen molar-refractivity contribution >= 4 is 11.6 Å². The molecule has 5 heteroatoms. The van der Waals surface area contributed by atoms with E-state index >= 15 is 0 Å². The number of aromatic nitrogens is 2. The number of hydrogen-bond donors (Lipinski definition) is 1. The number of H-pyrrole nitrogens is 1. The van der Waals surface area contributed by atoms with Gasteiger partial charge in [-0.05, 0) is 23.1 Å². The molecule has 0 radical (unpaired) electrons.